The third-order valence-electron chi connectivity index (χ3n) is 5.53. The lowest BCUT2D eigenvalue weighted by Gasteiger charge is -2.22. The Kier molecular flexibility index (Phi) is 9.14. The summed E-state index contributed by atoms with van der Waals surface area (Å²) in [6.45, 7) is 17.0. The summed E-state index contributed by atoms with van der Waals surface area (Å²) in [5.74, 6) is 0.258. The van der Waals surface area contributed by atoms with E-state index in [9.17, 15) is 14.3 Å². The maximum Gasteiger partial charge on any atom is 0.401 e. The number of fused-ring (bicyclic) bond motifs is 1. The van der Waals surface area contributed by atoms with E-state index in [0.29, 0.717) is 35.6 Å². The van der Waals surface area contributed by atoms with E-state index >= 15 is 0 Å². The normalized spacial score (nSPS) is 15.5. The van der Waals surface area contributed by atoms with Crippen molar-refractivity contribution in [3.8, 4) is 5.75 Å². The molecule has 1 atom stereocenters. The number of rotatable bonds is 11. The van der Waals surface area contributed by atoms with Gasteiger partial charge in [-0.15, -0.1) is 0 Å². The van der Waals surface area contributed by atoms with Gasteiger partial charge >= 0.3 is 13.6 Å². The van der Waals surface area contributed by atoms with Crippen molar-refractivity contribution >= 4 is 27.4 Å². The lowest BCUT2D eigenvalue weighted by molar-refractivity contribution is 0.0532. The molecule has 1 heterocycles. The fourth-order valence-corrected chi connectivity index (χ4v) is 5.59. The number of cyclic esters (lactones) is 1. The van der Waals surface area contributed by atoms with Crippen LogP contribution >= 0.6 is 7.60 Å². The molecule has 0 amide bonds. The summed E-state index contributed by atoms with van der Waals surface area (Å²) in [5.41, 5.74) is 5.85. The fourth-order valence-electron chi connectivity index (χ4n) is 3.77. The molecule has 1 aromatic rings. The summed E-state index contributed by atoms with van der Waals surface area (Å²) >= 11 is 0. The predicted molar refractivity (Wildman–Crippen MR) is 135 cm³/mol. The first-order chi connectivity index (χ1) is 15.3. The summed E-state index contributed by atoms with van der Waals surface area (Å²) in [5, 5.41) is 3.63. The molecular formula is C24H38NO6PSi. The molecule has 1 aliphatic rings. The molecule has 0 bridgehead atoms. The number of esters is 1. The van der Waals surface area contributed by atoms with E-state index in [-0.39, 0.29) is 18.7 Å². The van der Waals surface area contributed by atoms with E-state index in [1.807, 2.05) is 13.0 Å². The summed E-state index contributed by atoms with van der Waals surface area (Å²) in [6, 6.07) is 0.975. The van der Waals surface area contributed by atoms with Crippen LogP contribution in [0.5, 0.6) is 5.75 Å². The Morgan fingerprint density at radius 3 is 2.48 bits per heavy atom. The Labute approximate surface area is 198 Å². The van der Waals surface area contributed by atoms with Crippen molar-refractivity contribution in [2.75, 3.05) is 12.8 Å². The third-order valence-corrected chi connectivity index (χ3v) is 8.47. The molecule has 184 valence electrons. The Hall–Kier alpha value is -1.89. The van der Waals surface area contributed by atoms with Gasteiger partial charge in [0.25, 0.3) is 0 Å². The van der Waals surface area contributed by atoms with Crippen LogP contribution in [0.3, 0.4) is 0 Å². The quantitative estimate of drug-likeness (QED) is 0.101. The SMILES string of the molecule is CCc1c(C)c2c(c(OCC[Si](C)(C)C)c1CC=C(C)CP(=O)(O)ON=C(C)C)C(=O)OC2. The van der Waals surface area contributed by atoms with Gasteiger partial charge in [0.2, 0.25) is 0 Å². The van der Waals surface area contributed by atoms with Gasteiger partial charge in [-0.05, 0) is 57.7 Å². The van der Waals surface area contributed by atoms with Gasteiger partial charge < -0.3 is 19.0 Å². The second kappa shape index (κ2) is 11.0. The summed E-state index contributed by atoms with van der Waals surface area (Å²) in [4.78, 5) is 22.7. The average Bonchev–Trinajstić information content (AvgIpc) is 3.07. The van der Waals surface area contributed by atoms with Gasteiger partial charge in [0.1, 0.15) is 17.9 Å². The average molecular weight is 496 g/mol. The van der Waals surface area contributed by atoms with Gasteiger partial charge in [-0.3, -0.25) is 0 Å². The lowest BCUT2D eigenvalue weighted by atomic mass is 9.89. The molecule has 7 nitrogen and oxygen atoms in total. The van der Waals surface area contributed by atoms with Crippen molar-refractivity contribution < 1.29 is 28.4 Å². The van der Waals surface area contributed by atoms with Gasteiger partial charge in [0.05, 0.1) is 18.5 Å². The molecule has 1 aromatic carbocycles. The molecule has 0 radical (unpaired) electrons. The highest BCUT2D eigenvalue weighted by molar-refractivity contribution is 7.53. The lowest BCUT2D eigenvalue weighted by Crippen LogP contribution is -2.23. The number of allylic oxidation sites excluding steroid dienone is 2. The number of oxime groups is 1. The van der Waals surface area contributed by atoms with Crippen molar-refractivity contribution in [1.29, 1.82) is 0 Å². The Bertz CT molecular complexity index is 1010. The van der Waals surface area contributed by atoms with E-state index < -0.39 is 15.7 Å². The van der Waals surface area contributed by atoms with Crippen molar-refractivity contribution in [3.05, 3.63) is 39.5 Å². The van der Waals surface area contributed by atoms with Crippen LogP contribution < -0.4 is 4.74 Å². The van der Waals surface area contributed by atoms with E-state index in [4.69, 9.17) is 14.1 Å². The Morgan fingerprint density at radius 1 is 1.24 bits per heavy atom. The highest BCUT2D eigenvalue weighted by Crippen LogP contribution is 2.44. The van der Waals surface area contributed by atoms with Gasteiger partial charge in [0, 0.05) is 19.2 Å². The first kappa shape index (κ1) is 27.4. The van der Waals surface area contributed by atoms with Gasteiger partial charge in [-0.25, -0.2) is 9.36 Å². The number of carbonyl (C=O) groups excluding carboxylic acids is 1. The van der Waals surface area contributed by atoms with E-state index in [1.165, 1.54) is 0 Å². The second-order valence-electron chi connectivity index (χ2n) is 10.0. The Morgan fingerprint density at radius 2 is 1.91 bits per heavy atom. The molecule has 0 saturated heterocycles. The molecule has 0 aliphatic carbocycles. The number of carbonyl (C=O) groups is 1. The largest absolute Gasteiger partial charge is 0.493 e. The topological polar surface area (TPSA) is 94.4 Å². The number of benzene rings is 1. The van der Waals surface area contributed by atoms with Crippen LogP contribution in [-0.2, 0) is 33.4 Å². The monoisotopic (exact) mass is 495 g/mol. The maximum absolute atomic E-state index is 12.6. The maximum atomic E-state index is 12.6. The van der Waals surface area contributed by atoms with Crippen LogP contribution in [0.4, 0.5) is 0 Å². The smallest absolute Gasteiger partial charge is 0.401 e. The van der Waals surface area contributed by atoms with Gasteiger partial charge in [0.15, 0.2) is 0 Å². The number of hydrogen-bond acceptors (Lipinski definition) is 6. The summed E-state index contributed by atoms with van der Waals surface area (Å²) in [6.07, 6.45) is 3.05. The molecule has 0 aromatic heterocycles. The second-order valence-corrected chi connectivity index (χ2v) is 17.4. The van der Waals surface area contributed by atoms with Crippen molar-refractivity contribution in [2.45, 2.75) is 79.8 Å². The highest BCUT2D eigenvalue weighted by Gasteiger charge is 2.32. The number of hydrogen-bond donors (Lipinski definition) is 1. The summed E-state index contributed by atoms with van der Waals surface area (Å²) < 4.78 is 28.8. The standard InChI is InChI=1S/C24H38NO6PSi/c1-9-19-18(5)21-14-30-24(26)22(21)23(29-12-13-33(6,7)8)20(19)11-10-17(4)15-32(27,28)31-25-16(2)3/h10H,9,11-15H2,1-8H3,(H,27,28). The first-order valence-corrected chi connectivity index (χ1v) is 16.9. The van der Waals surface area contributed by atoms with Crippen molar-refractivity contribution in [1.82, 2.24) is 0 Å². The molecule has 1 N–H and O–H groups in total. The molecule has 2 rings (SSSR count). The van der Waals surface area contributed by atoms with Crippen LogP contribution in [0.25, 0.3) is 0 Å². The minimum Gasteiger partial charge on any atom is -0.493 e. The van der Waals surface area contributed by atoms with Crippen LogP contribution in [0, 0.1) is 6.92 Å². The molecule has 9 heteroatoms. The number of ether oxygens (including phenoxy) is 2. The van der Waals surface area contributed by atoms with Crippen LogP contribution in [-0.4, -0.2) is 37.4 Å². The third kappa shape index (κ3) is 7.56. The van der Waals surface area contributed by atoms with E-state index in [1.54, 1.807) is 20.8 Å². The molecular weight excluding hydrogens is 457 g/mol. The minimum atomic E-state index is -3.88. The van der Waals surface area contributed by atoms with Gasteiger partial charge in [-0.1, -0.05) is 43.4 Å². The zero-order valence-corrected chi connectivity index (χ0v) is 23.1. The molecule has 0 spiro atoms. The van der Waals surface area contributed by atoms with Crippen LogP contribution in [0.1, 0.15) is 60.3 Å². The van der Waals surface area contributed by atoms with Crippen molar-refractivity contribution in [2.24, 2.45) is 5.16 Å². The molecule has 0 saturated carbocycles. The Balaban J connectivity index is 2.41. The zero-order chi connectivity index (χ0) is 25.0. The highest BCUT2D eigenvalue weighted by atomic mass is 31.2. The van der Waals surface area contributed by atoms with Gasteiger partial charge in [-0.2, -0.15) is 0 Å². The fraction of sp³-hybridized carbons (Fsp3) is 0.583. The minimum absolute atomic E-state index is 0.122. The zero-order valence-electron chi connectivity index (χ0n) is 21.2. The molecule has 1 aliphatic heterocycles. The van der Waals surface area contributed by atoms with Crippen molar-refractivity contribution in [3.63, 3.8) is 0 Å². The molecule has 0 fully saturated rings. The summed E-state index contributed by atoms with van der Waals surface area (Å²) in [7, 11) is -5.20. The molecule has 33 heavy (non-hydrogen) atoms. The van der Waals surface area contributed by atoms with Crippen LogP contribution in [0.15, 0.2) is 16.8 Å². The number of nitrogens with zero attached hydrogens (tertiary/aromatic N) is 1. The first-order valence-electron chi connectivity index (χ1n) is 11.4. The van der Waals surface area contributed by atoms with Crippen LogP contribution in [0.2, 0.25) is 25.7 Å². The predicted octanol–water partition coefficient (Wildman–Crippen LogP) is 6.03. The van der Waals surface area contributed by atoms with E-state index in [0.717, 1.165) is 34.7 Å². The van der Waals surface area contributed by atoms with E-state index in [2.05, 4.69) is 31.7 Å². The molecule has 1 unspecified atom stereocenters.